The highest BCUT2D eigenvalue weighted by atomic mass is 32.3. The third-order valence-electron chi connectivity index (χ3n) is 8.74. The van der Waals surface area contributed by atoms with E-state index in [0.717, 1.165) is 37.3 Å². The van der Waals surface area contributed by atoms with E-state index < -0.39 is 45.0 Å². The summed E-state index contributed by atoms with van der Waals surface area (Å²) in [6.45, 7) is 6.91. The van der Waals surface area contributed by atoms with Crippen LogP contribution in [-0.4, -0.2) is 79.3 Å². The molecule has 0 fully saturated rings. The van der Waals surface area contributed by atoms with Gasteiger partial charge >= 0.3 is 5.97 Å². The smallest absolute Gasteiger partial charge is 0.343 e. The highest BCUT2D eigenvalue weighted by Gasteiger charge is 2.36. The monoisotopic (exact) mass is 771 g/mol. The second-order valence-corrected chi connectivity index (χ2v) is 14.9. The Bertz CT molecular complexity index is 1890. The van der Waals surface area contributed by atoms with Gasteiger partial charge in [0.1, 0.15) is 17.3 Å². The summed E-state index contributed by atoms with van der Waals surface area (Å²) in [5, 5.41) is 14.1. The number of hydrogen-bond acceptors (Lipinski definition) is 13. The standard InChI is InChI=1S/C37H50N6O10S/c1-5-52-33-30(31(46)32(33)47)39-18-17-38-28(44)13-9-19-53-27-20-23(2)34(24(3)21-27)54(49,50)22-41-36(37(48)51-4)43-29(45)12-7-6-11-26-15-14-25-10-8-16-40-35(25)42-26/h14-15,20-21,36,41H,5-13,16-19,22H2,1-4H3,(H4-,38,39,40,42,43,44,45,47,49,50)/p+1. The molecule has 0 radical (unpaired) electrons. The highest BCUT2D eigenvalue weighted by Crippen LogP contribution is 2.29. The Kier molecular flexibility index (Phi) is 15.5. The number of aromatic nitrogens is 1. The summed E-state index contributed by atoms with van der Waals surface area (Å²) in [6.07, 6.45) is 3.49. The number of nitrogens with zero attached hydrogens (tertiary/aromatic N) is 1. The Hall–Kier alpha value is -4.87. The normalized spacial score (nSPS) is 13.9. The molecule has 0 spiro atoms. The molecule has 294 valence electrons. The zero-order valence-electron chi connectivity index (χ0n) is 31.3. The first-order valence-electron chi connectivity index (χ1n) is 18.1. The molecule has 2 heterocycles. The molecular weight excluding hydrogens is 721 g/mol. The van der Waals surface area contributed by atoms with Gasteiger partial charge in [0, 0.05) is 49.3 Å². The first-order valence-corrected chi connectivity index (χ1v) is 19.8. The molecule has 4 rings (SSSR count). The van der Waals surface area contributed by atoms with E-state index in [1.165, 1.54) is 12.7 Å². The van der Waals surface area contributed by atoms with E-state index >= 15 is 0 Å². The van der Waals surface area contributed by atoms with Crippen molar-refractivity contribution in [1.29, 1.82) is 0 Å². The molecule has 0 aliphatic carbocycles. The summed E-state index contributed by atoms with van der Waals surface area (Å²) in [6, 6.07) is 7.35. The lowest BCUT2D eigenvalue weighted by Crippen LogP contribution is -2.53. The van der Waals surface area contributed by atoms with Gasteiger partial charge in [-0.2, -0.15) is 4.55 Å². The van der Waals surface area contributed by atoms with E-state index in [1.54, 1.807) is 32.9 Å². The van der Waals surface area contributed by atoms with Crippen molar-refractivity contribution in [1.82, 2.24) is 20.9 Å². The lowest BCUT2D eigenvalue weighted by atomic mass is 10.1. The molecule has 54 heavy (non-hydrogen) atoms. The number of pyridine rings is 1. The van der Waals surface area contributed by atoms with Crippen LogP contribution >= 0.6 is 0 Å². The number of methoxy groups -OCH3 is 1. The van der Waals surface area contributed by atoms with Crippen LogP contribution in [0.1, 0.15) is 67.8 Å². The van der Waals surface area contributed by atoms with Crippen LogP contribution in [0.25, 0.3) is 0 Å². The molecule has 2 aromatic carbocycles. The third kappa shape index (κ3) is 11.6. The number of amides is 2. The van der Waals surface area contributed by atoms with Crippen molar-refractivity contribution in [3.63, 3.8) is 0 Å². The van der Waals surface area contributed by atoms with Gasteiger partial charge in [-0.25, -0.2) is 15.1 Å². The first-order chi connectivity index (χ1) is 25.8. The van der Waals surface area contributed by atoms with Crippen LogP contribution in [0, 0.1) is 13.8 Å². The van der Waals surface area contributed by atoms with Gasteiger partial charge in [-0.3, -0.25) is 19.2 Å². The topological polar surface area (TPSA) is 223 Å². The summed E-state index contributed by atoms with van der Waals surface area (Å²) < 4.78 is 40.4. The lowest BCUT2D eigenvalue weighted by Gasteiger charge is -2.19. The summed E-state index contributed by atoms with van der Waals surface area (Å²) in [7, 11) is -2.56. The third-order valence-corrected chi connectivity index (χ3v) is 10.6. The van der Waals surface area contributed by atoms with Crippen molar-refractivity contribution in [3.8, 4) is 11.5 Å². The second-order valence-electron chi connectivity index (χ2n) is 13.0. The Morgan fingerprint density at radius 2 is 1.74 bits per heavy atom. The average Bonchev–Trinajstić information content (AvgIpc) is 3.15. The molecule has 6 N–H and O–H groups in total. The molecule has 0 saturated heterocycles. The number of benzene rings is 1. The fourth-order valence-corrected chi connectivity index (χ4v) is 7.78. The quantitative estimate of drug-likeness (QED) is 0.0284. The molecule has 1 aliphatic heterocycles. The Balaban J connectivity index is 1.18. The van der Waals surface area contributed by atoms with Crippen LogP contribution in [0.2, 0.25) is 0 Å². The summed E-state index contributed by atoms with van der Waals surface area (Å²) in [5.41, 5.74) is 1.96. The van der Waals surface area contributed by atoms with Crippen LogP contribution in [0.15, 0.2) is 38.8 Å². The molecule has 0 saturated carbocycles. The van der Waals surface area contributed by atoms with E-state index in [9.17, 15) is 32.7 Å². The van der Waals surface area contributed by atoms with Gasteiger partial charge in [-0.15, -0.1) is 0 Å². The minimum absolute atomic E-state index is 0.0188. The van der Waals surface area contributed by atoms with Gasteiger partial charge in [-0.05, 0) is 83.1 Å². The molecule has 17 heteroatoms. The van der Waals surface area contributed by atoms with E-state index in [-0.39, 0.29) is 61.4 Å². The van der Waals surface area contributed by atoms with Crippen molar-refractivity contribution >= 4 is 39.5 Å². The lowest BCUT2D eigenvalue weighted by molar-refractivity contribution is -0.146. The van der Waals surface area contributed by atoms with Crippen molar-refractivity contribution in [2.75, 3.05) is 56.5 Å². The maximum atomic E-state index is 13.5. The van der Waals surface area contributed by atoms with E-state index in [1.807, 2.05) is 6.07 Å². The molecule has 1 aliphatic rings. The predicted molar refractivity (Wildman–Crippen MR) is 204 cm³/mol. The van der Waals surface area contributed by atoms with Crippen molar-refractivity contribution in [2.24, 2.45) is 0 Å². The van der Waals surface area contributed by atoms with E-state index in [2.05, 4.69) is 37.6 Å². The van der Waals surface area contributed by atoms with Gasteiger partial charge in [-0.1, -0.05) is 10.3 Å². The van der Waals surface area contributed by atoms with E-state index in [0.29, 0.717) is 36.1 Å². The zero-order chi connectivity index (χ0) is 39.3. The molecule has 2 atom stereocenters. The Morgan fingerprint density at radius 1 is 1.00 bits per heavy atom. The van der Waals surface area contributed by atoms with Crippen LogP contribution in [-0.2, 0) is 46.4 Å². The summed E-state index contributed by atoms with van der Waals surface area (Å²) in [4.78, 5) is 65.5. The number of unbranched alkanes of at least 4 members (excludes halogenated alkanes) is 1. The molecule has 1 aromatic heterocycles. The largest absolute Gasteiger partial charge is 0.494 e. The van der Waals surface area contributed by atoms with Crippen molar-refractivity contribution in [2.45, 2.75) is 83.2 Å². The Morgan fingerprint density at radius 3 is 2.46 bits per heavy atom. The minimum Gasteiger partial charge on any atom is -0.494 e. The molecule has 0 bridgehead atoms. The van der Waals surface area contributed by atoms with Crippen LogP contribution in [0.3, 0.4) is 0 Å². The number of rotatable bonds is 22. The highest BCUT2D eigenvalue weighted by molar-refractivity contribution is 7.97. The van der Waals surface area contributed by atoms with Crippen LogP contribution < -0.4 is 46.9 Å². The summed E-state index contributed by atoms with van der Waals surface area (Å²) in [5.74, 6) is -0.551. The van der Waals surface area contributed by atoms with Crippen LogP contribution in [0.5, 0.6) is 11.5 Å². The summed E-state index contributed by atoms with van der Waals surface area (Å²) >= 11 is 0. The van der Waals surface area contributed by atoms with Gasteiger partial charge < -0.3 is 35.5 Å². The fourth-order valence-electron chi connectivity index (χ4n) is 6.12. The number of fused-ring (bicyclic) bond motifs is 1. The van der Waals surface area contributed by atoms with Gasteiger partial charge in [0.25, 0.3) is 21.1 Å². The average molecular weight is 772 g/mol. The second kappa shape index (κ2) is 20.0. The maximum Gasteiger partial charge on any atom is 0.343 e. The van der Waals surface area contributed by atoms with Crippen molar-refractivity contribution < 1.29 is 37.4 Å². The number of carbonyl (C=O) groups is 3. The maximum absolute atomic E-state index is 13.5. The molecule has 3 aromatic rings. The minimum atomic E-state index is -3.72. The number of esters is 1. The van der Waals surface area contributed by atoms with E-state index in [4.69, 9.17) is 14.2 Å². The zero-order valence-corrected chi connectivity index (χ0v) is 32.1. The number of nitrogens with one attached hydrogen (secondary N) is 5. The number of hydrogen-bond donors (Lipinski definition) is 6. The number of anilines is 2. The molecular formula is C37H51N6O10S+. The Labute approximate surface area is 315 Å². The van der Waals surface area contributed by atoms with Crippen LogP contribution in [0.4, 0.5) is 11.5 Å². The van der Waals surface area contributed by atoms with Crippen molar-refractivity contribution in [3.05, 3.63) is 67.1 Å². The van der Waals surface area contributed by atoms with Gasteiger partial charge in [0.15, 0.2) is 16.8 Å². The number of aryl methyl sites for hydroxylation is 4. The van der Waals surface area contributed by atoms with Gasteiger partial charge in [0.2, 0.25) is 17.7 Å². The predicted octanol–water partition coefficient (Wildman–Crippen LogP) is 2.35. The number of ether oxygens (including phenoxy) is 3. The number of carbonyl (C=O) groups excluding carboxylic acids is 3. The molecule has 2 unspecified atom stereocenters. The molecule has 16 nitrogen and oxygen atoms in total. The first kappa shape index (κ1) is 41.9. The van der Waals surface area contributed by atoms with Gasteiger partial charge in [0.05, 0.1) is 20.3 Å². The SMILES string of the molecule is CCOc1c(NCCNC(=O)CCCOc2cc(C)c([S+](=O)(O)CNC(NC(=O)CCCCc3ccc4c(n3)NCCC4)C(=O)OC)c(C)c2)c(=O)c1=O. The molecule has 2 amide bonds. The fraction of sp³-hybridized carbons (Fsp3) is 0.514.